The normalized spacial score (nSPS) is 13.1. The Morgan fingerprint density at radius 2 is 1.87 bits per heavy atom. The SMILES string of the molecule is COc1ccccc1OC(C)c1nnc(SC(C)C(=O)Nc2nc(C)cs2)n1C(C)C. The van der Waals surface area contributed by atoms with Gasteiger partial charge in [0.1, 0.15) is 0 Å². The average molecular weight is 462 g/mol. The van der Waals surface area contributed by atoms with Gasteiger partial charge in [-0.15, -0.1) is 21.5 Å². The highest BCUT2D eigenvalue weighted by Gasteiger charge is 2.25. The van der Waals surface area contributed by atoms with E-state index in [1.807, 2.05) is 55.0 Å². The van der Waals surface area contributed by atoms with E-state index in [2.05, 4.69) is 34.3 Å². The molecule has 2 aromatic heterocycles. The number of aromatic nitrogens is 4. The zero-order chi connectivity index (χ0) is 22.5. The summed E-state index contributed by atoms with van der Waals surface area (Å²) < 4.78 is 13.5. The van der Waals surface area contributed by atoms with E-state index in [-0.39, 0.29) is 23.3 Å². The Morgan fingerprint density at radius 3 is 2.48 bits per heavy atom. The van der Waals surface area contributed by atoms with Gasteiger partial charge in [0.2, 0.25) is 5.91 Å². The highest BCUT2D eigenvalue weighted by Crippen LogP contribution is 2.33. The fourth-order valence-electron chi connectivity index (χ4n) is 2.92. The van der Waals surface area contributed by atoms with Crippen LogP contribution in [0.3, 0.4) is 0 Å². The molecule has 0 aliphatic carbocycles. The number of nitrogens with zero attached hydrogens (tertiary/aromatic N) is 4. The Bertz CT molecular complexity index is 1030. The molecule has 2 unspecified atom stereocenters. The number of benzene rings is 1. The first-order valence-corrected chi connectivity index (χ1v) is 11.7. The van der Waals surface area contributed by atoms with Crippen LogP contribution in [-0.2, 0) is 4.79 Å². The third-order valence-electron chi connectivity index (χ3n) is 4.44. The lowest BCUT2D eigenvalue weighted by molar-refractivity contribution is -0.115. The summed E-state index contributed by atoms with van der Waals surface area (Å²) in [6.45, 7) is 9.76. The van der Waals surface area contributed by atoms with Crippen molar-refractivity contribution < 1.29 is 14.3 Å². The van der Waals surface area contributed by atoms with Crippen molar-refractivity contribution in [2.75, 3.05) is 12.4 Å². The molecule has 1 aromatic carbocycles. The number of para-hydroxylation sites is 2. The van der Waals surface area contributed by atoms with Gasteiger partial charge in [0.25, 0.3) is 0 Å². The summed E-state index contributed by atoms with van der Waals surface area (Å²) in [5, 5.41) is 14.4. The number of thiazole rings is 1. The summed E-state index contributed by atoms with van der Waals surface area (Å²) in [5.41, 5.74) is 0.883. The number of aryl methyl sites for hydroxylation is 1. The van der Waals surface area contributed by atoms with Gasteiger partial charge in [0.05, 0.1) is 18.1 Å². The number of rotatable bonds is 9. The molecule has 3 aromatic rings. The number of amides is 1. The smallest absolute Gasteiger partial charge is 0.239 e. The zero-order valence-electron chi connectivity index (χ0n) is 18.4. The van der Waals surface area contributed by atoms with E-state index in [1.54, 1.807) is 7.11 Å². The number of hydrogen-bond donors (Lipinski definition) is 1. The Balaban J connectivity index is 1.75. The van der Waals surface area contributed by atoms with Gasteiger partial charge in [-0.3, -0.25) is 4.79 Å². The van der Waals surface area contributed by atoms with Crippen LogP contribution in [0, 0.1) is 6.92 Å². The van der Waals surface area contributed by atoms with E-state index >= 15 is 0 Å². The second-order valence-corrected chi connectivity index (χ2v) is 9.42. The topological polar surface area (TPSA) is 91.2 Å². The molecule has 0 fully saturated rings. The lowest BCUT2D eigenvalue weighted by Crippen LogP contribution is -2.23. The van der Waals surface area contributed by atoms with Crippen molar-refractivity contribution in [2.45, 2.75) is 57.2 Å². The van der Waals surface area contributed by atoms with Crippen molar-refractivity contribution in [1.82, 2.24) is 19.7 Å². The third-order valence-corrected chi connectivity index (χ3v) is 6.38. The van der Waals surface area contributed by atoms with E-state index in [0.717, 1.165) is 5.69 Å². The van der Waals surface area contributed by atoms with E-state index < -0.39 is 0 Å². The summed E-state index contributed by atoms with van der Waals surface area (Å²) in [6, 6.07) is 7.58. The zero-order valence-corrected chi connectivity index (χ0v) is 20.1. The van der Waals surface area contributed by atoms with Crippen molar-refractivity contribution in [3.05, 3.63) is 41.2 Å². The number of nitrogens with one attached hydrogen (secondary N) is 1. The van der Waals surface area contributed by atoms with E-state index in [4.69, 9.17) is 9.47 Å². The molecular formula is C21H27N5O3S2. The standard InChI is InChI=1S/C21H27N5O3S2/c1-12(2)26-18(14(4)29-17-10-8-7-9-16(17)28-6)24-25-21(26)31-15(5)19(27)23-20-22-13(3)11-30-20/h7-12,14-15H,1-6H3,(H,22,23,27). The molecule has 0 radical (unpaired) electrons. The predicted octanol–water partition coefficient (Wildman–Crippen LogP) is 4.89. The van der Waals surface area contributed by atoms with Gasteiger partial charge in [0, 0.05) is 11.4 Å². The molecule has 1 N–H and O–H groups in total. The molecule has 2 heterocycles. The minimum absolute atomic E-state index is 0.0908. The Kier molecular flexibility index (Phi) is 7.55. The fourth-order valence-corrected chi connectivity index (χ4v) is 4.60. The average Bonchev–Trinajstić information content (AvgIpc) is 3.34. The minimum Gasteiger partial charge on any atom is -0.493 e. The van der Waals surface area contributed by atoms with Gasteiger partial charge in [-0.1, -0.05) is 23.9 Å². The molecule has 31 heavy (non-hydrogen) atoms. The molecule has 166 valence electrons. The van der Waals surface area contributed by atoms with E-state index in [9.17, 15) is 4.79 Å². The third kappa shape index (κ3) is 5.56. The maximum absolute atomic E-state index is 12.6. The van der Waals surface area contributed by atoms with E-state index in [0.29, 0.717) is 27.6 Å². The Morgan fingerprint density at radius 1 is 1.16 bits per heavy atom. The van der Waals surface area contributed by atoms with Crippen molar-refractivity contribution >= 4 is 34.1 Å². The van der Waals surface area contributed by atoms with Crippen molar-refractivity contribution in [3.8, 4) is 11.5 Å². The van der Waals surface area contributed by atoms with E-state index in [1.165, 1.54) is 23.1 Å². The minimum atomic E-state index is -0.371. The highest BCUT2D eigenvalue weighted by atomic mass is 32.2. The molecule has 3 rings (SSSR count). The lowest BCUT2D eigenvalue weighted by atomic mass is 10.3. The first-order valence-electron chi connectivity index (χ1n) is 9.94. The molecule has 0 bridgehead atoms. The molecule has 2 atom stereocenters. The second kappa shape index (κ2) is 10.1. The van der Waals surface area contributed by atoms with Gasteiger partial charge in [-0.25, -0.2) is 4.98 Å². The molecule has 0 spiro atoms. The van der Waals surface area contributed by atoms with Gasteiger partial charge in [-0.05, 0) is 46.8 Å². The molecule has 8 nitrogen and oxygen atoms in total. The molecule has 10 heteroatoms. The van der Waals surface area contributed by atoms with Crippen molar-refractivity contribution in [1.29, 1.82) is 0 Å². The summed E-state index contributed by atoms with van der Waals surface area (Å²) in [4.78, 5) is 16.9. The number of carbonyl (C=O) groups is 1. The van der Waals surface area contributed by atoms with Crippen LogP contribution in [0.2, 0.25) is 0 Å². The van der Waals surface area contributed by atoms with Crippen LogP contribution in [0.5, 0.6) is 11.5 Å². The van der Waals surface area contributed by atoms with Crippen LogP contribution in [0.1, 0.15) is 51.4 Å². The van der Waals surface area contributed by atoms with Gasteiger partial charge >= 0.3 is 0 Å². The summed E-state index contributed by atoms with van der Waals surface area (Å²) in [6.07, 6.45) is -0.358. The summed E-state index contributed by atoms with van der Waals surface area (Å²) in [5.74, 6) is 1.85. The first-order chi connectivity index (χ1) is 14.8. The first kappa shape index (κ1) is 23.1. The molecular weight excluding hydrogens is 434 g/mol. The van der Waals surface area contributed by atoms with Crippen LogP contribution >= 0.6 is 23.1 Å². The summed E-state index contributed by atoms with van der Waals surface area (Å²) >= 11 is 2.77. The maximum Gasteiger partial charge on any atom is 0.239 e. The molecule has 0 aliphatic rings. The second-order valence-electron chi connectivity index (χ2n) is 7.26. The quantitative estimate of drug-likeness (QED) is 0.454. The van der Waals surface area contributed by atoms with Gasteiger partial charge in [0.15, 0.2) is 33.7 Å². The number of thioether (sulfide) groups is 1. The molecule has 1 amide bonds. The monoisotopic (exact) mass is 461 g/mol. The molecule has 0 saturated carbocycles. The largest absolute Gasteiger partial charge is 0.493 e. The number of anilines is 1. The molecule has 0 aliphatic heterocycles. The number of ether oxygens (including phenoxy) is 2. The molecule has 0 saturated heterocycles. The highest BCUT2D eigenvalue weighted by molar-refractivity contribution is 8.00. The lowest BCUT2D eigenvalue weighted by Gasteiger charge is -2.20. The number of carbonyl (C=O) groups excluding carboxylic acids is 1. The van der Waals surface area contributed by atoms with Crippen molar-refractivity contribution in [2.24, 2.45) is 0 Å². The number of methoxy groups -OCH3 is 1. The van der Waals surface area contributed by atoms with Crippen molar-refractivity contribution in [3.63, 3.8) is 0 Å². The van der Waals surface area contributed by atoms with Crippen LogP contribution in [-0.4, -0.2) is 38.0 Å². The maximum atomic E-state index is 12.6. The fraction of sp³-hybridized carbons (Fsp3) is 0.429. The predicted molar refractivity (Wildman–Crippen MR) is 123 cm³/mol. The van der Waals surface area contributed by atoms with Crippen LogP contribution in [0.4, 0.5) is 5.13 Å². The Labute approximate surface area is 190 Å². The van der Waals surface area contributed by atoms with Crippen LogP contribution < -0.4 is 14.8 Å². The van der Waals surface area contributed by atoms with Crippen LogP contribution in [0.15, 0.2) is 34.8 Å². The van der Waals surface area contributed by atoms with Gasteiger partial charge in [-0.2, -0.15) is 0 Å². The van der Waals surface area contributed by atoms with Gasteiger partial charge < -0.3 is 19.4 Å². The van der Waals surface area contributed by atoms with Crippen LogP contribution in [0.25, 0.3) is 0 Å². The summed E-state index contributed by atoms with van der Waals surface area (Å²) in [7, 11) is 1.61. The Hall–Kier alpha value is -2.59. The number of hydrogen-bond acceptors (Lipinski definition) is 8.